The van der Waals surface area contributed by atoms with Gasteiger partial charge in [0, 0.05) is 11.9 Å². The topological polar surface area (TPSA) is 117 Å². The number of rotatable bonds is 8. The molecule has 0 radical (unpaired) electrons. The second kappa shape index (κ2) is 11.1. The summed E-state index contributed by atoms with van der Waals surface area (Å²) >= 11 is 0. The van der Waals surface area contributed by atoms with Crippen molar-refractivity contribution in [2.75, 3.05) is 4.72 Å². The van der Waals surface area contributed by atoms with Crippen LogP contribution in [0.5, 0.6) is 0 Å². The van der Waals surface area contributed by atoms with E-state index in [1.807, 2.05) is 48.9 Å². The first kappa shape index (κ1) is 26.1. The Balaban J connectivity index is 2.24. The van der Waals surface area contributed by atoms with Gasteiger partial charge in [-0.2, -0.15) is 8.42 Å². The van der Waals surface area contributed by atoms with E-state index in [2.05, 4.69) is 10.3 Å². The predicted molar refractivity (Wildman–Crippen MR) is 132 cm³/mol. The summed E-state index contributed by atoms with van der Waals surface area (Å²) in [6, 6.07) is 15.9. The molecule has 1 amide bonds. The van der Waals surface area contributed by atoms with E-state index in [4.69, 9.17) is 9.29 Å². The van der Waals surface area contributed by atoms with Crippen LogP contribution in [-0.2, 0) is 21.5 Å². The van der Waals surface area contributed by atoms with Crippen LogP contribution in [-0.4, -0.2) is 36.4 Å². The van der Waals surface area contributed by atoms with Crippen LogP contribution in [0.2, 0.25) is 0 Å². The number of alkyl carbamates (subject to hydrolysis) is 1. The summed E-state index contributed by atoms with van der Waals surface area (Å²) in [4.78, 5) is 17.0. The lowest BCUT2D eigenvalue weighted by atomic mass is 10.0. The first-order valence-corrected chi connectivity index (χ1v) is 11.9. The van der Waals surface area contributed by atoms with Gasteiger partial charge < -0.3 is 10.1 Å². The number of nitrogens with one attached hydrogen (secondary N) is 2. The van der Waals surface area contributed by atoms with E-state index in [0.29, 0.717) is 12.1 Å². The van der Waals surface area contributed by atoms with Crippen LogP contribution in [0.15, 0.2) is 65.8 Å². The van der Waals surface area contributed by atoms with Crippen LogP contribution in [0.1, 0.15) is 45.7 Å². The molecule has 9 heteroatoms. The molecule has 0 aliphatic rings. The lowest BCUT2D eigenvalue weighted by Gasteiger charge is -2.24. The maximum absolute atomic E-state index is 12.4. The van der Waals surface area contributed by atoms with E-state index >= 15 is 0 Å². The minimum absolute atomic E-state index is 0.227. The lowest BCUT2D eigenvalue weighted by Crippen LogP contribution is -2.44. The molecule has 0 aromatic heterocycles. The third-order valence-corrected chi connectivity index (χ3v) is 5.02. The summed E-state index contributed by atoms with van der Waals surface area (Å²) in [5.74, 6) is 0. The number of nitrogens with zero attached hydrogens (tertiary/aromatic N) is 1. The van der Waals surface area contributed by atoms with Crippen molar-refractivity contribution in [3.63, 3.8) is 0 Å². The molecule has 0 aliphatic heterocycles. The van der Waals surface area contributed by atoms with Crippen molar-refractivity contribution in [1.82, 2.24) is 5.32 Å². The summed E-state index contributed by atoms with van der Waals surface area (Å²) in [6.07, 6.45) is 1.60. The minimum Gasteiger partial charge on any atom is -0.444 e. The molecule has 0 fully saturated rings. The number of ether oxygens (including phenoxy) is 1. The number of amides is 1. The molecule has 0 aliphatic carbocycles. The van der Waals surface area contributed by atoms with Crippen LogP contribution >= 0.6 is 0 Å². The first-order valence-electron chi connectivity index (χ1n) is 10.4. The number of carbonyl (C=O) groups is 1. The van der Waals surface area contributed by atoms with E-state index < -0.39 is 28.0 Å². The molecule has 0 spiro atoms. The Labute approximate surface area is 195 Å². The van der Waals surface area contributed by atoms with Gasteiger partial charge in [0.1, 0.15) is 5.60 Å². The fourth-order valence-electron chi connectivity index (χ4n) is 2.91. The summed E-state index contributed by atoms with van der Waals surface area (Å²) < 4.78 is 38.3. The van der Waals surface area contributed by atoms with Gasteiger partial charge in [-0.3, -0.25) is 14.3 Å². The molecule has 1 atom stereocenters. The van der Waals surface area contributed by atoms with E-state index in [1.165, 1.54) is 12.1 Å². The van der Waals surface area contributed by atoms with Gasteiger partial charge in [0.2, 0.25) is 0 Å². The van der Waals surface area contributed by atoms with Crippen molar-refractivity contribution in [3.8, 4) is 0 Å². The van der Waals surface area contributed by atoms with Crippen molar-refractivity contribution in [3.05, 3.63) is 71.9 Å². The highest BCUT2D eigenvalue weighted by Crippen LogP contribution is 2.16. The summed E-state index contributed by atoms with van der Waals surface area (Å²) in [6.45, 7) is 9.15. The van der Waals surface area contributed by atoms with Crippen LogP contribution in [0.4, 0.5) is 10.5 Å². The number of hydrogen-bond donors (Lipinski definition) is 3. The fraction of sp³-hybridized carbons (Fsp3) is 0.333. The summed E-state index contributed by atoms with van der Waals surface area (Å²) in [7, 11) is -4.35. The molecule has 0 heterocycles. The Kier molecular flexibility index (Phi) is 8.78. The van der Waals surface area contributed by atoms with E-state index in [9.17, 15) is 13.2 Å². The van der Waals surface area contributed by atoms with Crippen LogP contribution in [0, 0.1) is 0 Å². The largest absolute Gasteiger partial charge is 0.444 e. The van der Waals surface area contributed by atoms with Crippen LogP contribution < -0.4 is 10.0 Å². The van der Waals surface area contributed by atoms with Crippen molar-refractivity contribution in [2.24, 2.45) is 4.99 Å². The predicted octanol–water partition coefficient (Wildman–Crippen LogP) is 4.86. The summed E-state index contributed by atoms with van der Waals surface area (Å²) in [5, 5.41) is 2.87. The molecule has 0 bridgehead atoms. The van der Waals surface area contributed by atoms with Gasteiger partial charge in [-0.25, -0.2) is 4.79 Å². The zero-order valence-corrected chi connectivity index (χ0v) is 20.3. The quantitative estimate of drug-likeness (QED) is 0.374. The highest BCUT2D eigenvalue weighted by Gasteiger charge is 2.21. The average molecular weight is 474 g/mol. The molecule has 0 unspecified atom stereocenters. The number of carbonyl (C=O) groups excluding carboxylic acids is 1. The second-order valence-corrected chi connectivity index (χ2v) is 9.78. The normalized spacial score (nSPS) is 13.9. The molecular weight excluding hydrogens is 442 g/mol. The van der Waals surface area contributed by atoms with Crippen molar-refractivity contribution >= 4 is 33.4 Å². The molecule has 2 aromatic carbocycles. The SMILES string of the molecule is C/C(=C\N=C(/C)[C@H](Cc1ccc(NS(=O)(=O)O)cc1)NC(=O)OC(C)(C)C)c1ccccc1. The standard InChI is InChI=1S/C24H31N3O5S/c1-17(20-9-7-6-8-10-20)16-25-18(2)22(26-23(28)32-24(3,4)5)15-19-11-13-21(14-12-19)27-33(29,30)31/h6-14,16,22,27H,15H2,1-5H3,(H,26,28)(H,29,30,31)/b17-16+,25-18+/t22-/m0/s1. The molecule has 2 rings (SSSR count). The number of benzene rings is 2. The van der Waals surface area contributed by atoms with Gasteiger partial charge in [-0.15, -0.1) is 0 Å². The Morgan fingerprint density at radius 1 is 1.09 bits per heavy atom. The minimum atomic E-state index is -4.35. The third-order valence-electron chi connectivity index (χ3n) is 4.53. The number of aliphatic imine (C=N–C) groups is 1. The van der Waals surface area contributed by atoms with Gasteiger partial charge in [-0.05, 0) is 69.9 Å². The maximum atomic E-state index is 12.4. The van der Waals surface area contributed by atoms with Crippen molar-refractivity contribution in [2.45, 2.75) is 52.7 Å². The Morgan fingerprint density at radius 3 is 2.24 bits per heavy atom. The summed E-state index contributed by atoms with van der Waals surface area (Å²) in [5.41, 5.74) is 3.11. The molecule has 178 valence electrons. The van der Waals surface area contributed by atoms with Crippen LogP contribution in [0.3, 0.4) is 0 Å². The maximum Gasteiger partial charge on any atom is 0.408 e. The van der Waals surface area contributed by atoms with Crippen molar-refractivity contribution < 1.29 is 22.5 Å². The van der Waals surface area contributed by atoms with E-state index in [1.54, 1.807) is 39.1 Å². The zero-order chi connectivity index (χ0) is 24.6. The first-order chi connectivity index (χ1) is 15.3. The Morgan fingerprint density at radius 2 is 1.70 bits per heavy atom. The zero-order valence-electron chi connectivity index (χ0n) is 19.5. The van der Waals surface area contributed by atoms with Gasteiger partial charge in [0.15, 0.2) is 0 Å². The van der Waals surface area contributed by atoms with Gasteiger partial charge in [0.25, 0.3) is 0 Å². The number of hydrogen-bond acceptors (Lipinski definition) is 5. The molecule has 8 nitrogen and oxygen atoms in total. The second-order valence-electron chi connectivity index (χ2n) is 8.63. The molecule has 2 aromatic rings. The highest BCUT2D eigenvalue weighted by atomic mass is 32.2. The smallest absolute Gasteiger partial charge is 0.408 e. The molecular formula is C24H31N3O5S. The Hall–Kier alpha value is -3.17. The number of allylic oxidation sites excluding steroid dienone is 1. The lowest BCUT2D eigenvalue weighted by molar-refractivity contribution is 0.0518. The average Bonchev–Trinajstić information content (AvgIpc) is 2.71. The third kappa shape index (κ3) is 9.88. The molecule has 3 N–H and O–H groups in total. The van der Waals surface area contributed by atoms with Crippen molar-refractivity contribution in [1.29, 1.82) is 0 Å². The van der Waals surface area contributed by atoms with E-state index in [0.717, 1.165) is 16.7 Å². The van der Waals surface area contributed by atoms with Crippen LogP contribution in [0.25, 0.3) is 5.57 Å². The Bertz CT molecular complexity index is 1100. The molecule has 0 saturated heterocycles. The molecule has 0 saturated carbocycles. The highest BCUT2D eigenvalue weighted by molar-refractivity contribution is 7.87. The van der Waals surface area contributed by atoms with Gasteiger partial charge in [-0.1, -0.05) is 42.5 Å². The fourth-order valence-corrected chi connectivity index (χ4v) is 3.34. The molecule has 33 heavy (non-hydrogen) atoms. The van der Waals surface area contributed by atoms with Gasteiger partial charge >= 0.3 is 16.4 Å². The van der Waals surface area contributed by atoms with Gasteiger partial charge in [0.05, 0.1) is 11.7 Å². The number of anilines is 1. The monoisotopic (exact) mass is 473 g/mol. The van der Waals surface area contributed by atoms with E-state index in [-0.39, 0.29) is 5.69 Å².